The van der Waals surface area contributed by atoms with Crippen molar-refractivity contribution in [3.05, 3.63) is 51.2 Å². The van der Waals surface area contributed by atoms with Gasteiger partial charge in [-0.2, -0.15) is 0 Å². The number of nitro groups is 1. The molecule has 0 saturated carbocycles. The molecule has 8 nitrogen and oxygen atoms in total. The smallest absolute Gasteiger partial charge is 0.336 e. The van der Waals surface area contributed by atoms with Gasteiger partial charge in [-0.3, -0.25) is 19.9 Å². The van der Waals surface area contributed by atoms with Crippen LogP contribution in [-0.4, -0.2) is 41.7 Å². The average molecular weight is 409 g/mol. The largest absolute Gasteiger partial charge is 0.465 e. The summed E-state index contributed by atoms with van der Waals surface area (Å²) in [6.45, 7) is 5.11. The van der Waals surface area contributed by atoms with Gasteiger partial charge in [0.15, 0.2) is 0 Å². The molecule has 1 aliphatic heterocycles. The van der Waals surface area contributed by atoms with Gasteiger partial charge in [-0.05, 0) is 20.8 Å². The molecular formula is C19H21ClN2O6. The van der Waals surface area contributed by atoms with Crippen LogP contribution in [0.15, 0.2) is 40.5 Å². The summed E-state index contributed by atoms with van der Waals surface area (Å²) in [5, 5.41) is 11.6. The maximum absolute atomic E-state index is 12.7. The van der Waals surface area contributed by atoms with E-state index in [2.05, 4.69) is 4.99 Å². The SMILES string of the molecule is CCOC(=O)C1=C(CCl)N=C(C)C(C(=O)OCC)C1c1ccccc1[N+](=O)[O-]. The van der Waals surface area contributed by atoms with Gasteiger partial charge in [0.25, 0.3) is 5.69 Å². The first-order valence-electron chi connectivity index (χ1n) is 8.78. The molecule has 0 fully saturated rings. The molecule has 0 radical (unpaired) electrons. The van der Waals surface area contributed by atoms with Crippen LogP contribution < -0.4 is 0 Å². The third-order valence-corrected chi connectivity index (χ3v) is 4.60. The Kier molecular flexibility index (Phi) is 7.28. The monoisotopic (exact) mass is 408 g/mol. The first-order valence-corrected chi connectivity index (χ1v) is 9.31. The predicted molar refractivity (Wildman–Crippen MR) is 103 cm³/mol. The lowest BCUT2D eigenvalue weighted by atomic mass is 9.75. The molecule has 0 spiro atoms. The van der Waals surface area contributed by atoms with Crippen LogP contribution in [-0.2, 0) is 19.1 Å². The summed E-state index contributed by atoms with van der Waals surface area (Å²) in [4.78, 5) is 40.8. The van der Waals surface area contributed by atoms with Crippen molar-refractivity contribution >= 4 is 34.9 Å². The number of allylic oxidation sites excluding steroid dienone is 1. The number of rotatable bonds is 7. The van der Waals surface area contributed by atoms with Crippen LogP contribution >= 0.6 is 11.6 Å². The van der Waals surface area contributed by atoms with Crippen molar-refractivity contribution in [3.8, 4) is 0 Å². The number of nitrogens with zero attached hydrogens (tertiary/aromatic N) is 2. The molecule has 28 heavy (non-hydrogen) atoms. The molecule has 2 atom stereocenters. The number of hydrogen-bond donors (Lipinski definition) is 0. The lowest BCUT2D eigenvalue weighted by molar-refractivity contribution is -0.385. The first-order chi connectivity index (χ1) is 13.4. The standard InChI is InChI=1S/C19H21ClN2O6/c1-4-27-18(23)15-11(3)21-13(10-20)17(19(24)28-5-2)16(15)12-8-6-7-9-14(12)22(25)26/h6-9,15-16H,4-5,10H2,1-3H3. The van der Waals surface area contributed by atoms with E-state index in [1.54, 1.807) is 26.8 Å². The van der Waals surface area contributed by atoms with Gasteiger partial charge in [-0.15, -0.1) is 11.6 Å². The zero-order valence-corrected chi connectivity index (χ0v) is 16.6. The van der Waals surface area contributed by atoms with Crippen LogP contribution in [0.5, 0.6) is 0 Å². The fourth-order valence-corrected chi connectivity index (χ4v) is 3.48. The first kappa shape index (κ1) is 21.6. The topological polar surface area (TPSA) is 108 Å². The highest BCUT2D eigenvalue weighted by Crippen LogP contribution is 2.43. The highest BCUT2D eigenvalue weighted by molar-refractivity contribution is 6.20. The van der Waals surface area contributed by atoms with E-state index in [1.807, 2.05) is 0 Å². The maximum atomic E-state index is 12.7. The molecular weight excluding hydrogens is 388 g/mol. The molecule has 0 amide bonds. The summed E-state index contributed by atoms with van der Waals surface area (Å²) >= 11 is 6.01. The van der Waals surface area contributed by atoms with Gasteiger partial charge in [-0.25, -0.2) is 4.79 Å². The molecule has 1 aromatic carbocycles. The van der Waals surface area contributed by atoms with Crippen LogP contribution in [0.25, 0.3) is 0 Å². The molecule has 2 rings (SSSR count). The van der Waals surface area contributed by atoms with Crippen molar-refractivity contribution in [2.75, 3.05) is 19.1 Å². The molecule has 0 aliphatic carbocycles. The number of aliphatic imine (C=N–C) groups is 1. The molecule has 2 unspecified atom stereocenters. The van der Waals surface area contributed by atoms with Crippen molar-refractivity contribution in [2.24, 2.45) is 10.9 Å². The number of halogens is 1. The number of carbonyl (C=O) groups excluding carboxylic acids is 2. The number of nitro benzene ring substituents is 1. The Labute approximate surface area is 167 Å². The maximum Gasteiger partial charge on any atom is 0.336 e. The normalized spacial score (nSPS) is 19.1. The second-order valence-corrected chi connectivity index (χ2v) is 6.26. The summed E-state index contributed by atoms with van der Waals surface area (Å²) in [6.07, 6.45) is 0. The Morgan fingerprint density at radius 3 is 2.43 bits per heavy atom. The van der Waals surface area contributed by atoms with Crippen molar-refractivity contribution < 1.29 is 24.0 Å². The van der Waals surface area contributed by atoms with Crippen LogP contribution in [0, 0.1) is 16.0 Å². The van der Waals surface area contributed by atoms with E-state index in [-0.39, 0.29) is 41.6 Å². The molecule has 1 aliphatic rings. The summed E-state index contributed by atoms with van der Waals surface area (Å²) in [7, 11) is 0. The number of carbonyl (C=O) groups is 2. The number of para-hydroxylation sites is 1. The Morgan fingerprint density at radius 1 is 1.21 bits per heavy atom. The Bertz CT molecular complexity index is 849. The van der Waals surface area contributed by atoms with E-state index in [1.165, 1.54) is 18.2 Å². The predicted octanol–water partition coefficient (Wildman–Crippen LogP) is 3.39. The molecule has 0 N–H and O–H groups in total. The Morgan fingerprint density at radius 2 is 1.86 bits per heavy atom. The van der Waals surface area contributed by atoms with Crippen LogP contribution in [0.2, 0.25) is 0 Å². The highest BCUT2D eigenvalue weighted by Gasteiger charge is 2.45. The van der Waals surface area contributed by atoms with Crippen LogP contribution in [0.4, 0.5) is 5.69 Å². The molecule has 150 valence electrons. The molecule has 9 heteroatoms. The lowest BCUT2D eigenvalue weighted by Crippen LogP contribution is -2.37. The Hall–Kier alpha value is -2.74. The zero-order valence-electron chi connectivity index (χ0n) is 15.8. The number of hydrogen-bond acceptors (Lipinski definition) is 7. The summed E-state index contributed by atoms with van der Waals surface area (Å²) in [5.41, 5.74) is 0.610. The van der Waals surface area contributed by atoms with E-state index in [0.29, 0.717) is 5.71 Å². The summed E-state index contributed by atoms with van der Waals surface area (Å²) in [5.74, 6) is -3.45. The number of esters is 2. The molecule has 1 aromatic rings. The second-order valence-electron chi connectivity index (χ2n) is 5.99. The van der Waals surface area contributed by atoms with Crippen molar-refractivity contribution in [1.82, 2.24) is 0 Å². The van der Waals surface area contributed by atoms with E-state index in [4.69, 9.17) is 21.1 Å². The molecule has 0 saturated heterocycles. The Balaban J connectivity index is 2.78. The summed E-state index contributed by atoms with van der Waals surface area (Å²) in [6, 6.07) is 5.95. The van der Waals surface area contributed by atoms with Gasteiger partial charge in [-0.1, -0.05) is 18.2 Å². The van der Waals surface area contributed by atoms with E-state index >= 15 is 0 Å². The average Bonchev–Trinajstić information content (AvgIpc) is 2.67. The molecule has 0 bridgehead atoms. The third kappa shape index (κ3) is 4.22. The fourth-order valence-electron chi connectivity index (χ4n) is 3.28. The van der Waals surface area contributed by atoms with Crippen molar-refractivity contribution in [1.29, 1.82) is 0 Å². The zero-order chi connectivity index (χ0) is 20.8. The number of benzene rings is 1. The van der Waals surface area contributed by atoms with Gasteiger partial charge in [0.1, 0.15) is 5.92 Å². The third-order valence-electron chi connectivity index (χ3n) is 4.35. The van der Waals surface area contributed by atoms with Crippen molar-refractivity contribution in [3.63, 3.8) is 0 Å². The minimum atomic E-state index is -1.01. The van der Waals surface area contributed by atoms with Gasteiger partial charge in [0.05, 0.1) is 35.3 Å². The van der Waals surface area contributed by atoms with Gasteiger partial charge < -0.3 is 9.47 Å². The number of alkyl halides is 1. The van der Waals surface area contributed by atoms with Crippen LogP contribution in [0.1, 0.15) is 32.3 Å². The van der Waals surface area contributed by atoms with Gasteiger partial charge >= 0.3 is 11.9 Å². The minimum Gasteiger partial charge on any atom is -0.465 e. The minimum absolute atomic E-state index is 0.0369. The quantitative estimate of drug-likeness (QED) is 0.296. The summed E-state index contributed by atoms with van der Waals surface area (Å²) < 4.78 is 10.3. The molecule has 1 heterocycles. The molecule has 0 aromatic heterocycles. The number of ether oxygens (including phenoxy) is 2. The van der Waals surface area contributed by atoms with Gasteiger partial charge in [0, 0.05) is 23.3 Å². The van der Waals surface area contributed by atoms with Crippen molar-refractivity contribution in [2.45, 2.75) is 26.7 Å². The van der Waals surface area contributed by atoms with E-state index in [0.717, 1.165) is 0 Å². The van der Waals surface area contributed by atoms with Gasteiger partial charge in [0.2, 0.25) is 0 Å². The lowest BCUT2D eigenvalue weighted by Gasteiger charge is -2.31. The van der Waals surface area contributed by atoms with E-state index in [9.17, 15) is 19.7 Å². The van der Waals surface area contributed by atoms with E-state index < -0.39 is 28.7 Å². The second kappa shape index (κ2) is 9.45. The van der Waals surface area contributed by atoms with Crippen LogP contribution in [0.3, 0.4) is 0 Å². The fraction of sp³-hybridized carbons (Fsp3) is 0.421. The highest BCUT2D eigenvalue weighted by atomic mass is 35.5.